The highest BCUT2D eigenvalue weighted by Crippen LogP contribution is 2.32. The van der Waals surface area contributed by atoms with Gasteiger partial charge in [0.1, 0.15) is 11.6 Å². The van der Waals surface area contributed by atoms with Crippen LogP contribution >= 0.6 is 0 Å². The molecule has 0 radical (unpaired) electrons. The topological polar surface area (TPSA) is 26.5 Å². The Bertz CT molecular complexity index is 809. The van der Waals surface area contributed by atoms with Gasteiger partial charge in [-0.1, -0.05) is 18.2 Å². The van der Waals surface area contributed by atoms with Crippen molar-refractivity contribution in [3.8, 4) is 5.75 Å². The van der Waals surface area contributed by atoms with Gasteiger partial charge in [-0.3, -0.25) is 4.40 Å². The predicted molar refractivity (Wildman–Crippen MR) is 76.0 cm³/mol. The number of hydrogen-bond acceptors (Lipinski definition) is 2. The fourth-order valence-electron chi connectivity index (χ4n) is 2.40. The summed E-state index contributed by atoms with van der Waals surface area (Å²) in [6.07, 6.45) is -0.933. The molecule has 0 bridgehead atoms. The molecule has 114 valence electrons. The first kappa shape index (κ1) is 14.4. The minimum Gasteiger partial charge on any atom is -0.495 e. The number of halogens is 3. The van der Waals surface area contributed by atoms with E-state index in [0.29, 0.717) is 11.6 Å². The highest BCUT2D eigenvalue weighted by molar-refractivity contribution is 5.49. The second-order valence-electron chi connectivity index (χ2n) is 4.87. The Morgan fingerprint density at radius 3 is 2.64 bits per heavy atom. The van der Waals surface area contributed by atoms with E-state index in [4.69, 9.17) is 4.74 Å². The van der Waals surface area contributed by atoms with Crippen LogP contribution in [0.2, 0.25) is 0 Å². The number of methoxy groups -OCH3 is 1. The van der Waals surface area contributed by atoms with E-state index in [0.717, 1.165) is 11.6 Å². The number of rotatable bonds is 3. The minimum atomic E-state index is -4.37. The summed E-state index contributed by atoms with van der Waals surface area (Å²) in [5, 5.41) is 0. The summed E-state index contributed by atoms with van der Waals surface area (Å²) >= 11 is 0. The SMILES string of the molecule is COc1ccc2cnc(Cc3ccccc3C(F)(F)F)n2c1. The van der Waals surface area contributed by atoms with Crippen LogP contribution in [0.3, 0.4) is 0 Å². The van der Waals surface area contributed by atoms with Crippen LogP contribution < -0.4 is 4.74 Å². The first-order valence-corrected chi connectivity index (χ1v) is 6.64. The smallest absolute Gasteiger partial charge is 0.416 e. The molecule has 3 nitrogen and oxygen atoms in total. The number of nitrogens with zero attached hydrogens (tertiary/aromatic N) is 2. The van der Waals surface area contributed by atoms with Gasteiger partial charge in [-0.15, -0.1) is 0 Å². The molecule has 0 spiro atoms. The van der Waals surface area contributed by atoms with E-state index in [1.54, 1.807) is 28.9 Å². The summed E-state index contributed by atoms with van der Waals surface area (Å²) in [4.78, 5) is 4.23. The largest absolute Gasteiger partial charge is 0.495 e. The van der Waals surface area contributed by atoms with Crippen molar-refractivity contribution in [3.63, 3.8) is 0 Å². The molecule has 0 atom stereocenters. The molecule has 0 aliphatic carbocycles. The van der Waals surface area contributed by atoms with E-state index in [1.165, 1.54) is 19.2 Å². The lowest BCUT2D eigenvalue weighted by Gasteiger charge is -2.12. The van der Waals surface area contributed by atoms with Gasteiger partial charge >= 0.3 is 6.18 Å². The summed E-state index contributed by atoms with van der Waals surface area (Å²) in [6, 6.07) is 9.14. The Morgan fingerprint density at radius 1 is 1.14 bits per heavy atom. The van der Waals surface area contributed by atoms with Crippen molar-refractivity contribution in [1.82, 2.24) is 9.38 Å². The normalized spacial score (nSPS) is 11.8. The Kier molecular flexibility index (Phi) is 3.52. The molecule has 0 fully saturated rings. The van der Waals surface area contributed by atoms with Crippen LogP contribution in [0.4, 0.5) is 13.2 Å². The number of aromatic nitrogens is 2. The first-order valence-electron chi connectivity index (χ1n) is 6.64. The molecule has 6 heteroatoms. The van der Waals surface area contributed by atoms with Gasteiger partial charge in [0.05, 0.1) is 30.6 Å². The second-order valence-corrected chi connectivity index (χ2v) is 4.87. The van der Waals surface area contributed by atoms with Crippen molar-refractivity contribution in [3.05, 3.63) is 65.7 Å². The molecule has 0 N–H and O–H groups in total. The first-order chi connectivity index (χ1) is 10.5. The Morgan fingerprint density at radius 2 is 1.91 bits per heavy atom. The van der Waals surface area contributed by atoms with Gasteiger partial charge in [0.2, 0.25) is 0 Å². The van der Waals surface area contributed by atoms with E-state index in [2.05, 4.69) is 4.98 Å². The van der Waals surface area contributed by atoms with Crippen LogP contribution in [0, 0.1) is 0 Å². The molecule has 0 aliphatic heterocycles. The molecule has 2 heterocycles. The van der Waals surface area contributed by atoms with Gasteiger partial charge in [0.25, 0.3) is 0 Å². The van der Waals surface area contributed by atoms with Gasteiger partial charge in [-0.2, -0.15) is 13.2 Å². The maximum absolute atomic E-state index is 13.1. The van der Waals surface area contributed by atoms with Crippen LogP contribution in [0.25, 0.3) is 5.52 Å². The van der Waals surface area contributed by atoms with Crippen molar-refractivity contribution in [1.29, 1.82) is 0 Å². The summed E-state index contributed by atoms with van der Waals surface area (Å²) in [6.45, 7) is 0. The zero-order valence-corrected chi connectivity index (χ0v) is 11.8. The molecule has 2 aromatic heterocycles. The zero-order chi connectivity index (χ0) is 15.7. The fraction of sp³-hybridized carbons (Fsp3) is 0.188. The molecule has 3 rings (SSSR count). The van der Waals surface area contributed by atoms with Crippen molar-refractivity contribution in [2.75, 3.05) is 7.11 Å². The Hall–Kier alpha value is -2.50. The predicted octanol–water partition coefficient (Wildman–Crippen LogP) is 3.95. The van der Waals surface area contributed by atoms with Gasteiger partial charge < -0.3 is 4.74 Å². The number of pyridine rings is 1. The molecule has 0 saturated heterocycles. The number of hydrogen-bond donors (Lipinski definition) is 0. The van der Waals surface area contributed by atoms with Crippen LogP contribution in [0.1, 0.15) is 17.0 Å². The fourth-order valence-corrected chi connectivity index (χ4v) is 2.40. The molecule has 0 saturated carbocycles. The van der Waals surface area contributed by atoms with Crippen LogP contribution in [0.15, 0.2) is 48.8 Å². The summed E-state index contributed by atoms with van der Waals surface area (Å²) in [5.74, 6) is 1.15. The maximum atomic E-state index is 13.1. The summed E-state index contributed by atoms with van der Waals surface area (Å²) in [5.41, 5.74) is 0.375. The molecular weight excluding hydrogens is 293 g/mol. The lowest BCUT2D eigenvalue weighted by molar-refractivity contribution is -0.138. The average Bonchev–Trinajstić information content (AvgIpc) is 2.89. The van der Waals surface area contributed by atoms with Gasteiger partial charge in [-0.05, 0) is 23.8 Å². The minimum absolute atomic E-state index is 0.0943. The third-order valence-electron chi connectivity index (χ3n) is 3.48. The number of ether oxygens (including phenoxy) is 1. The summed E-state index contributed by atoms with van der Waals surface area (Å²) in [7, 11) is 1.54. The molecule has 22 heavy (non-hydrogen) atoms. The zero-order valence-electron chi connectivity index (χ0n) is 11.8. The quantitative estimate of drug-likeness (QED) is 0.732. The highest BCUT2D eigenvalue weighted by atomic mass is 19.4. The third kappa shape index (κ3) is 2.64. The average molecular weight is 306 g/mol. The van der Waals surface area contributed by atoms with Gasteiger partial charge in [0.15, 0.2) is 0 Å². The molecule has 0 amide bonds. The summed E-state index contributed by atoms with van der Waals surface area (Å²) < 4.78 is 46.1. The lowest BCUT2D eigenvalue weighted by atomic mass is 10.0. The standard InChI is InChI=1S/C16H13F3N2O/c1-22-13-7-6-12-9-20-15(21(12)10-13)8-11-4-2-3-5-14(11)16(17,18)19/h2-7,9-10H,8H2,1H3. The van der Waals surface area contributed by atoms with E-state index < -0.39 is 11.7 Å². The monoisotopic (exact) mass is 306 g/mol. The number of alkyl halides is 3. The molecule has 0 aliphatic rings. The lowest BCUT2D eigenvalue weighted by Crippen LogP contribution is -2.10. The molecular formula is C16H13F3N2O. The van der Waals surface area contributed by atoms with E-state index in [9.17, 15) is 13.2 Å². The van der Waals surface area contributed by atoms with Crippen LogP contribution in [0.5, 0.6) is 5.75 Å². The van der Waals surface area contributed by atoms with Crippen LogP contribution in [-0.2, 0) is 12.6 Å². The maximum Gasteiger partial charge on any atom is 0.416 e. The van der Waals surface area contributed by atoms with E-state index in [1.807, 2.05) is 6.07 Å². The van der Waals surface area contributed by atoms with Crippen molar-refractivity contribution in [2.45, 2.75) is 12.6 Å². The number of imidazole rings is 1. The van der Waals surface area contributed by atoms with E-state index in [-0.39, 0.29) is 12.0 Å². The van der Waals surface area contributed by atoms with Crippen molar-refractivity contribution in [2.24, 2.45) is 0 Å². The second kappa shape index (κ2) is 5.36. The third-order valence-corrected chi connectivity index (χ3v) is 3.48. The Balaban J connectivity index is 2.04. The van der Waals surface area contributed by atoms with E-state index >= 15 is 0 Å². The van der Waals surface area contributed by atoms with Crippen LogP contribution in [-0.4, -0.2) is 16.5 Å². The van der Waals surface area contributed by atoms with Gasteiger partial charge in [0, 0.05) is 6.42 Å². The Labute approximate surface area is 125 Å². The number of benzene rings is 1. The molecule has 1 aromatic carbocycles. The van der Waals surface area contributed by atoms with Crippen molar-refractivity contribution >= 4 is 5.52 Å². The highest BCUT2D eigenvalue weighted by Gasteiger charge is 2.33. The molecule has 3 aromatic rings. The van der Waals surface area contributed by atoms with Gasteiger partial charge in [-0.25, -0.2) is 4.98 Å². The van der Waals surface area contributed by atoms with Crippen molar-refractivity contribution < 1.29 is 17.9 Å². The molecule has 0 unspecified atom stereocenters. The number of fused-ring (bicyclic) bond motifs is 1.